The Labute approximate surface area is 126 Å². The maximum absolute atomic E-state index is 11.4. The summed E-state index contributed by atoms with van der Waals surface area (Å²) < 4.78 is 4.72. The number of hydrogen-bond acceptors (Lipinski definition) is 5. The highest BCUT2D eigenvalue weighted by Crippen LogP contribution is 2.40. The Kier molecular flexibility index (Phi) is 7.70. The predicted octanol–water partition coefficient (Wildman–Crippen LogP) is 3.83. The van der Waals surface area contributed by atoms with E-state index in [4.69, 9.17) is 39.5 Å². The SMILES string of the molecule is CCOC(C)(C)C=NOC(=O)N(C)SC(Cl)(Cl)Cl. The maximum atomic E-state index is 11.4. The molecule has 0 aromatic rings. The summed E-state index contributed by atoms with van der Waals surface area (Å²) in [4.78, 5) is 16.0. The zero-order valence-corrected chi connectivity index (χ0v) is 13.5. The second-order valence-electron chi connectivity index (χ2n) is 3.66. The Morgan fingerprint density at radius 1 is 1.44 bits per heavy atom. The third-order valence-electron chi connectivity index (χ3n) is 1.51. The molecule has 0 aliphatic rings. The van der Waals surface area contributed by atoms with Crippen molar-refractivity contribution in [3.63, 3.8) is 0 Å². The summed E-state index contributed by atoms with van der Waals surface area (Å²) in [6.07, 6.45) is 0.622. The van der Waals surface area contributed by atoms with Crippen LogP contribution >= 0.6 is 46.8 Å². The number of alkyl halides is 3. The molecule has 0 heterocycles. The van der Waals surface area contributed by atoms with E-state index in [1.54, 1.807) is 13.8 Å². The lowest BCUT2D eigenvalue weighted by Crippen LogP contribution is -2.27. The van der Waals surface area contributed by atoms with Crippen LogP contribution in [-0.4, -0.2) is 39.0 Å². The maximum Gasteiger partial charge on any atom is 0.445 e. The standard InChI is InChI=1S/C9H15Cl3N2O3S/c1-5-16-8(2,3)6-13-17-7(15)14(4)18-9(10,11)12/h6H,5H2,1-4H3. The van der Waals surface area contributed by atoms with Crippen LogP contribution in [0.3, 0.4) is 0 Å². The third-order valence-corrected chi connectivity index (χ3v) is 2.76. The molecule has 0 aliphatic heterocycles. The number of nitrogens with zero attached hydrogens (tertiary/aromatic N) is 2. The fourth-order valence-electron chi connectivity index (χ4n) is 0.858. The highest BCUT2D eigenvalue weighted by molar-refractivity contribution is 8.03. The first-order chi connectivity index (χ1) is 8.07. The van der Waals surface area contributed by atoms with E-state index in [2.05, 4.69) is 9.99 Å². The minimum atomic E-state index is -1.64. The lowest BCUT2D eigenvalue weighted by molar-refractivity contribution is 0.0449. The van der Waals surface area contributed by atoms with E-state index < -0.39 is 14.8 Å². The van der Waals surface area contributed by atoms with Gasteiger partial charge in [-0.2, -0.15) is 0 Å². The molecule has 18 heavy (non-hydrogen) atoms. The van der Waals surface area contributed by atoms with Gasteiger partial charge in [0.1, 0.15) is 5.60 Å². The van der Waals surface area contributed by atoms with Crippen molar-refractivity contribution in [2.24, 2.45) is 5.16 Å². The predicted molar refractivity (Wildman–Crippen MR) is 76.3 cm³/mol. The van der Waals surface area contributed by atoms with Crippen molar-refractivity contribution in [1.29, 1.82) is 0 Å². The van der Waals surface area contributed by atoms with Gasteiger partial charge in [0.2, 0.25) is 0 Å². The lowest BCUT2D eigenvalue weighted by Gasteiger charge is -2.19. The largest absolute Gasteiger partial charge is 0.445 e. The zero-order valence-electron chi connectivity index (χ0n) is 10.4. The molecule has 0 saturated heterocycles. The summed E-state index contributed by atoms with van der Waals surface area (Å²) in [5.74, 6) is 0. The first kappa shape index (κ1) is 18.1. The van der Waals surface area contributed by atoms with Crippen molar-refractivity contribution in [3.05, 3.63) is 0 Å². The van der Waals surface area contributed by atoms with E-state index in [1.807, 2.05) is 6.92 Å². The van der Waals surface area contributed by atoms with Gasteiger partial charge in [0.25, 0.3) is 3.12 Å². The Bertz CT molecular complexity index is 308. The average molecular weight is 338 g/mol. The van der Waals surface area contributed by atoms with Crippen LogP contribution in [0.1, 0.15) is 20.8 Å². The summed E-state index contributed by atoms with van der Waals surface area (Å²) in [5, 5.41) is 3.53. The molecule has 106 valence electrons. The fraction of sp³-hybridized carbons (Fsp3) is 0.778. The second kappa shape index (κ2) is 7.65. The molecule has 0 aromatic heterocycles. The number of carbonyl (C=O) groups excluding carboxylic acids is 1. The summed E-state index contributed by atoms with van der Waals surface area (Å²) in [6, 6.07) is 0. The Morgan fingerprint density at radius 2 is 2.00 bits per heavy atom. The highest BCUT2D eigenvalue weighted by atomic mass is 35.6. The first-order valence-corrected chi connectivity index (χ1v) is 6.87. The molecule has 0 N–H and O–H groups in total. The Hall–Kier alpha value is 0.120. The van der Waals surface area contributed by atoms with Gasteiger partial charge in [0.15, 0.2) is 0 Å². The van der Waals surface area contributed by atoms with Gasteiger partial charge >= 0.3 is 6.09 Å². The minimum Gasteiger partial charge on any atom is -0.370 e. The number of carbonyl (C=O) groups is 1. The van der Waals surface area contributed by atoms with E-state index in [1.165, 1.54) is 13.3 Å². The summed E-state index contributed by atoms with van der Waals surface area (Å²) in [7, 11) is 1.40. The zero-order chi connectivity index (χ0) is 14.4. The molecule has 0 radical (unpaired) electrons. The summed E-state index contributed by atoms with van der Waals surface area (Å²) in [5.41, 5.74) is -0.615. The molecule has 5 nitrogen and oxygen atoms in total. The topological polar surface area (TPSA) is 51.1 Å². The van der Waals surface area contributed by atoms with E-state index in [0.717, 1.165) is 4.31 Å². The monoisotopic (exact) mass is 336 g/mol. The molecule has 0 spiro atoms. The molecular formula is C9H15Cl3N2O3S. The van der Waals surface area contributed by atoms with Gasteiger partial charge in [-0.25, -0.2) is 9.10 Å². The number of halogens is 3. The van der Waals surface area contributed by atoms with Crippen molar-refractivity contribution in [2.75, 3.05) is 13.7 Å². The van der Waals surface area contributed by atoms with Gasteiger partial charge in [-0.3, -0.25) is 4.84 Å². The van der Waals surface area contributed by atoms with E-state index in [0.29, 0.717) is 18.6 Å². The third kappa shape index (κ3) is 9.10. The molecule has 9 heteroatoms. The van der Waals surface area contributed by atoms with Crippen LogP contribution in [0.15, 0.2) is 5.16 Å². The molecule has 0 aliphatic carbocycles. The number of oxime groups is 1. The normalized spacial score (nSPS) is 12.8. The van der Waals surface area contributed by atoms with Gasteiger partial charge < -0.3 is 4.74 Å². The van der Waals surface area contributed by atoms with Gasteiger partial charge in [0, 0.05) is 25.6 Å². The molecule has 0 atom stereocenters. The van der Waals surface area contributed by atoms with Crippen molar-refractivity contribution in [1.82, 2.24) is 4.31 Å². The number of ether oxygens (including phenoxy) is 1. The average Bonchev–Trinajstić information content (AvgIpc) is 2.14. The van der Waals surface area contributed by atoms with Gasteiger partial charge in [-0.1, -0.05) is 40.0 Å². The molecule has 0 rings (SSSR count). The van der Waals surface area contributed by atoms with E-state index >= 15 is 0 Å². The van der Waals surface area contributed by atoms with E-state index in [-0.39, 0.29) is 0 Å². The van der Waals surface area contributed by atoms with Crippen molar-refractivity contribution < 1.29 is 14.4 Å². The Morgan fingerprint density at radius 3 is 2.44 bits per heavy atom. The van der Waals surface area contributed by atoms with Gasteiger partial charge in [-0.05, 0) is 20.8 Å². The van der Waals surface area contributed by atoms with E-state index in [9.17, 15) is 4.79 Å². The first-order valence-electron chi connectivity index (χ1n) is 4.96. The van der Waals surface area contributed by atoms with Crippen LogP contribution in [0, 0.1) is 0 Å². The van der Waals surface area contributed by atoms with Crippen LogP contribution < -0.4 is 0 Å². The minimum absolute atomic E-state index is 0.524. The smallest absolute Gasteiger partial charge is 0.370 e. The molecule has 0 bridgehead atoms. The summed E-state index contributed by atoms with van der Waals surface area (Å²) in [6.45, 7) is 5.95. The van der Waals surface area contributed by atoms with Gasteiger partial charge in [-0.15, -0.1) is 0 Å². The second-order valence-corrected chi connectivity index (χ2v) is 7.96. The van der Waals surface area contributed by atoms with Crippen LogP contribution in [0.4, 0.5) is 4.79 Å². The van der Waals surface area contributed by atoms with Crippen molar-refractivity contribution >= 4 is 59.1 Å². The van der Waals surface area contributed by atoms with Crippen LogP contribution in [0.25, 0.3) is 0 Å². The molecule has 1 amide bonds. The molecule has 0 fully saturated rings. The van der Waals surface area contributed by atoms with Crippen LogP contribution in [0.5, 0.6) is 0 Å². The molecule has 0 unspecified atom stereocenters. The number of hydrogen-bond donors (Lipinski definition) is 0. The fourth-order valence-corrected chi connectivity index (χ4v) is 2.21. The number of amides is 1. The van der Waals surface area contributed by atoms with Crippen LogP contribution in [0.2, 0.25) is 0 Å². The van der Waals surface area contributed by atoms with Gasteiger partial charge in [0.05, 0.1) is 6.21 Å². The quantitative estimate of drug-likeness (QED) is 0.251. The molecule has 0 saturated carbocycles. The number of rotatable bonds is 5. The van der Waals surface area contributed by atoms with Crippen molar-refractivity contribution in [2.45, 2.75) is 29.5 Å². The molecular weight excluding hydrogens is 323 g/mol. The van der Waals surface area contributed by atoms with Crippen molar-refractivity contribution in [3.8, 4) is 0 Å². The van der Waals surface area contributed by atoms with Crippen LogP contribution in [-0.2, 0) is 9.57 Å². The molecule has 0 aromatic carbocycles. The Balaban J connectivity index is 4.22. The summed E-state index contributed by atoms with van der Waals surface area (Å²) >= 11 is 17.2. The lowest BCUT2D eigenvalue weighted by atomic mass is 10.2. The highest BCUT2D eigenvalue weighted by Gasteiger charge is 2.27.